The molecular formula is C14H18N4O2S. The zero-order valence-corrected chi connectivity index (χ0v) is 12.9. The van der Waals surface area contributed by atoms with Gasteiger partial charge in [-0.2, -0.15) is 4.31 Å². The number of sulfonamides is 1. The summed E-state index contributed by atoms with van der Waals surface area (Å²) in [5.74, 6) is 0.391. The highest BCUT2D eigenvalue weighted by atomic mass is 32.2. The average molecular weight is 306 g/mol. The summed E-state index contributed by atoms with van der Waals surface area (Å²) in [6.07, 6.45) is 3.36. The Bertz CT molecular complexity index is 702. The highest BCUT2D eigenvalue weighted by Gasteiger charge is 2.38. The Hall–Kier alpha value is -1.73. The predicted octanol–water partition coefficient (Wildman–Crippen LogP) is 1.65. The second-order valence-electron chi connectivity index (χ2n) is 5.58. The van der Waals surface area contributed by atoms with Crippen molar-refractivity contribution in [3.05, 3.63) is 42.2 Å². The maximum Gasteiger partial charge on any atom is 0.243 e. The van der Waals surface area contributed by atoms with Crippen LogP contribution in [0.25, 0.3) is 0 Å². The largest absolute Gasteiger partial charge is 0.247 e. The Morgan fingerprint density at radius 1 is 1.19 bits per heavy atom. The molecule has 3 rings (SSSR count). The van der Waals surface area contributed by atoms with E-state index in [1.165, 1.54) is 4.31 Å². The van der Waals surface area contributed by atoms with Crippen molar-refractivity contribution in [2.24, 2.45) is 0 Å². The van der Waals surface area contributed by atoms with Gasteiger partial charge in [-0.05, 0) is 23.6 Å². The number of hydrogen-bond acceptors (Lipinski definition) is 4. The Morgan fingerprint density at radius 2 is 1.86 bits per heavy atom. The summed E-state index contributed by atoms with van der Waals surface area (Å²) < 4.78 is 28.2. The summed E-state index contributed by atoms with van der Waals surface area (Å²) >= 11 is 0. The topological polar surface area (TPSA) is 68.1 Å². The van der Waals surface area contributed by atoms with E-state index in [1.807, 2.05) is 12.1 Å². The maximum absolute atomic E-state index is 12.5. The van der Waals surface area contributed by atoms with Crippen molar-refractivity contribution in [2.75, 3.05) is 13.1 Å². The van der Waals surface area contributed by atoms with Gasteiger partial charge in [0.05, 0.1) is 17.1 Å². The lowest BCUT2D eigenvalue weighted by atomic mass is 10.0. The molecule has 0 radical (unpaired) electrons. The van der Waals surface area contributed by atoms with Gasteiger partial charge in [0.15, 0.2) is 0 Å². The van der Waals surface area contributed by atoms with Crippen molar-refractivity contribution in [3.63, 3.8) is 0 Å². The van der Waals surface area contributed by atoms with Crippen molar-refractivity contribution in [1.82, 2.24) is 19.3 Å². The Labute approximate surface area is 124 Å². The molecule has 1 aliphatic heterocycles. The minimum absolute atomic E-state index is 0.0808. The molecule has 6 nitrogen and oxygen atoms in total. The molecule has 0 saturated carbocycles. The lowest BCUT2D eigenvalue weighted by Crippen LogP contribution is -2.50. The number of benzene rings is 1. The van der Waals surface area contributed by atoms with Crippen LogP contribution in [0.4, 0.5) is 0 Å². The summed E-state index contributed by atoms with van der Waals surface area (Å²) in [4.78, 5) is 0.351. The molecule has 1 fully saturated rings. The van der Waals surface area contributed by atoms with E-state index >= 15 is 0 Å². The quantitative estimate of drug-likeness (QED) is 0.861. The zero-order valence-electron chi connectivity index (χ0n) is 12.0. The molecule has 2 aromatic rings. The number of aromatic nitrogens is 3. The molecular weight excluding hydrogens is 288 g/mol. The third-order valence-electron chi connectivity index (χ3n) is 3.83. The molecule has 7 heteroatoms. The molecule has 2 heterocycles. The van der Waals surface area contributed by atoms with E-state index in [4.69, 9.17) is 0 Å². The van der Waals surface area contributed by atoms with Crippen molar-refractivity contribution < 1.29 is 8.42 Å². The maximum atomic E-state index is 12.5. The van der Waals surface area contributed by atoms with Gasteiger partial charge in [-0.3, -0.25) is 0 Å². The van der Waals surface area contributed by atoms with Gasteiger partial charge < -0.3 is 0 Å². The van der Waals surface area contributed by atoms with E-state index in [0.717, 1.165) is 5.56 Å². The lowest BCUT2D eigenvalue weighted by molar-refractivity contribution is 0.189. The van der Waals surface area contributed by atoms with E-state index in [2.05, 4.69) is 24.2 Å². The highest BCUT2D eigenvalue weighted by Crippen LogP contribution is 2.28. The van der Waals surface area contributed by atoms with E-state index in [0.29, 0.717) is 23.9 Å². The van der Waals surface area contributed by atoms with Gasteiger partial charge >= 0.3 is 0 Å². The SMILES string of the molecule is CC(C)c1ccc(S(=O)(=O)N2CC(n3ccnn3)C2)cc1. The van der Waals surface area contributed by atoms with E-state index in [1.54, 1.807) is 29.2 Å². The third kappa shape index (κ3) is 2.58. The van der Waals surface area contributed by atoms with Crippen molar-refractivity contribution in [1.29, 1.82) is 0 Å². The molecule has 1 aliphatic rings. The normalized spacial score (nSPS) is 17.1. The van der Waals surface area contributed by atoms with Gasteiger partial charge in [0.1, 0.15) is 0 Å². The van der Waals surface area contributed by atoms with Crippen LogP contribution in [0.2, 0.25) is 0 Å². The summed E-state index contributed by atoms with van der Waals surface area (Å²) in [6.45, 7) is 5.05. The van der Waals surface area contributed by atoms with E-state index < -0.39 is 10.0 Å². The van der Waals surface area contributed by atoms with Crippen LogP contribution in [0.15, 0.2) is 41.6 Å². The van der Waals surface area contributed by atoms with Crippen LogP contribution < -0.4 is 0 Å². The van der Waals surface area contributed by atoms with Crippen molar-refractivity contribution in [3.8, 4) is 0 Å². The molecule has 0 atom stereocenters. The first-order valence-electron chi connectivity index (χ1n) is 6.94. The second-order valence-corrected chi connectivity index (χ2v) is 7.52. The van der Waals surface area contributed by atoms with Crippen LogP contribution >= 0.6 is 0 Å². The van der Waals surface area contributed by atoms with Gasteiger partial charge in [0.2, 0.25) is 10.0 Å². The number of hydrogen-bond donors (Lipinski definition) is 0. The molecule has 0 bridgehead atoms. The first-order valence-corrected chi connectivity index (χ1v) is 8.38. The molecule has 112 valence electrons. The fraction of sp³-hybridized carbons (Fsp3) is 0.429. The lowest BCUT2D eigenvalue weighted by Gasteiger charge is -2.37. The summed E-state index contributed by atoms with van der Waals surface area (Å²) in [7, 11) is -3.40. The van der Waals surface area contributed by atoms with Crippen LogP contribution in [-0.2, 0) is 10.0 Å². The Kier molecular flexibility index (Phi) is 3.54. The molecule has 1 saturated heterocycles. The van der Waals surface area contributed by atoms with Crippen molar-refractivity contribution >= 4 is 10.0 Å². The van der Waals surface area contributed by atoms with Crippen molar-refractivity contribution in [2.45, 2.75) is 30.7 Å². The smallest absolute Gasteiger partial charge is 0.243 e. The third-order valence-corrected chi connectivity index (χ3v) is 5.67. The fourth-order valence-electron chi connectivity index (χ4n) is 2.37. The molecule has 0 amide bonds. The van der Waals surface area contributed by atoms with E-state index in [-0.39, 0.29) is 6.04 Å². The highest BCUT2D eigenvalue weighted by molar-refractivity contribution is 7.89. The van der Waals surface area contributed by atoms with Crippen LogP contribution in [0, 0.1) is 0 Å². The van der Waals surface area contributed by atoms with Gasteiger partial charge in [-0.15, -0.1) is 5.10 Å². The molecule has 0 unspecified atom stereocenters. The van der Waals surface area contributed by atoms with Crippen LogP contribution in [0.5, 0.6) is 0 Å². The first kappa shape index (κ1) is 14.2. The van der Waals surface area contributed by atoms with Crippen LogP contribution in [0.3, 0.4) is 0 Å². The molecule has 21 heavy (non-hydrogen) atoms. The Morgan fingerprint density at radius 3 is 2.38 bits per heavy atom. The minimum atomic E-state index is -3.40. The van der Waals surface area contributed by atoms with Gasteiger partial charge in [0, 0.05) is 19.3 Å². The van der Waals surface area contributed by atoms with Gasteiger partial charge in [-0.1, -0.05) is 31.2 Å². The summed E-state index contributed by atoms with van der Waals surface area (Å²) in [5.41, 5.74) is 1.14. The summed E-state index contributed by atoms with van der Waals surface area (Å²) in [5, 5.41) is 7.65. The second kappa shape index (κ2) is 5.23. The minimum Gasteiger partial charge on any atom is -0.247 e. The van der Waals surface area contributed by atoms with Crippen LogP contribution in [0.1, 0.15) is 31.4 Å². The number of rotatable bonds is 4. The van der Waals surface area contributed by atoms with Gasteiger partial charge in [0.25, 0.3) is 0 Å². The first-order chi connectivity index (χ1) is 9.98. The Balaban J connectivity index is 1.73. The fourth-order valence-corrected chi connectivity index (χ4v) is 3.88. The standard InChI is InChI=1S/C14H18N4O2S/c1-11(2)12-3-5-14(6-4-12)21(19,20)17-9-13(10-17)18-8-7-15-16-18/h3-8,11,13H,9-10H2,1-2H3. The number of nitrogens with zero attached hydrogens (tertiary/aromatic N) is 4. The monoisotopic (exact) mass is 306 g/mol. The predicted molar refractivity (Wildman–Crippen MR) is 78.3 cm³/mol. The van der Waals surface area contributed by atoms with Crippen LogP contribution in [-0.4, -0.2) is 40.8 Å². The summed E-state index contributed by atoms with van der Waals surface area (Å²) in [6, 6.07) is 7.22. The van der Waals surface area contributed by atoms with E-state index in [9.17, 15) is 8.42 Å². The van der Waals surface area contributed by atoms with Gasteiger partial charge in [-0.25, -0.2) is 13.1 Å². The molecule has 1 aromatic heterocycles. The molecule has 0 spiro atoms. The molecule has 0 N–H and O–H groups in total. The zero-order chi connectivity index (χ0) is 15.0. The molecule has 0 aliphatic carbocycles. The molecule has 1 aromatic carbocycles. The average Bonchev–Trinajstić information content (AvgIpc) is 2.90.